The van der Waals surface area contributed by atoms with Gasteiger partial charge in [0.25, 0.3) is 5.91 Å². The lowest BCUT2D eigenvalue weighted by molar-refractivity contribution is -0.116. The Morgan fingerprint density at radius 3 is 2.48 bits per heavy atom. The number of fused-ring (bicyclic) bond motifs is 2. The Morgan fingerprint density at radius 2 is 1.70 bits per heavy atom. The van der Waals surface area contributed by atoms with Crippen molar-refractivity contribution in [2.24, 2.45) is 0 Å². The van der Waals surface area contributed by atoms with E-state index in [9.17, 15) is 9.59 Å². The number of hydrogen-bond acceptors (Lipinski definition) is 5. The first-order valence-corrected chi connectivity index (χ1v) is 13.9. The number of amides is 2. The molecule has 1 aliphatic rings. The van der Waals surface area contributed by atoms with Gasteiger partial charge in [-0.1, -0.05) is 60.1 Å². The minimum absolute atomic E-state index is 0.0415. The molecule has 8 heteroatoms. The molecule has 0 aliphatic carbocycles. The molecule has 1 aromatic heterocycles. The maximum Gasteiger partial charge on any atom is 0.255 e. The molecule has 0 radical (unpaired) electrons. The van der Waals surface area contributed by atoms with Crippen molar-refractivity contribution in [3.8, 4) is 5.88 Å². The van der Waals surface area contributed by atoms with Crippen LogP contribution >= 0.6 is 11.6 Å². The van der Waals surface area contributed by atoms with Gasteiger partial charge in [0.2, 0.25) is 11.8 Å². The number of methoxy groups -OCH3 is 1. The Bertz CT molecular complexity index is 1510. The molecule has 7 nitrogen and oxygen atoms in total. The molecule has 206 valence electrons. The largest absolute Gasteiger partial charge is 0.481 e. The van der Waals surface area contributed by atoms with E-state index in [2.05, 4.69) is 22.0 Å². The molecule has 0 spiro atoms. The normalized spacial score (nSPS) is 14.9. The summed E-state index contributed by atoms with van der Waals surface area (Å²) in [6, 6.07) is 25.1. The van der Waals surface area contributed by atoms with Crippen LogP contribution in [0.3, 0.4) is 0 Å². The van der Waals surface area contributed by atoms with Crippen molar-refractivity contribution in [1.29, 1.82) is 0 Å². The number of nitrogens with zero attached hydrogens (tertiary/aromatic N) is 4. The molecule has 0 fully saturated rings. The van der Waals surface area contributed by atoms with E-state index in [-0.39, 0.29) is 11.8 Å². The second kappa shape index (κ2) is 12.5. The molecule has 40 heavy (non-hydrogen) atoms. The number of ether oxygens (including phenoxy) is 1. The number of halogens is 1. The molecule has 0 saturated heterocycles. The molecule has 0 atom stereocenters. The van der Waals surface area contributed by atoms with Crippen molar-refractivity contribution in [2.75, 3.05) is 38.2 Å². The molecule has 0 N–H and O–H groups in total. The third kappa shape index (κ3) is 6.27. The van der Waals surface area contributed by atoms with Crippen molar-refractivity contribution in [3.05, 3.63) is 101 Å². The van der Waals surface area contributed by atoms with Gasteiger partial charge in [-0.3, -0.25) is 14.5 Å². The first-order chi connectivity index (χ1) is 19.4. The molecule has 0 unspecified atom stereocenters. The van der Waals surface area contributed by atoms with Gasteiger partial charge in [0.05, 0.1) is 18.2 Å². The third-order valence-electron chi connectivity index (χ3n) is 7.28. The summed E-state index contributed by atoms with van der Waals surface area (Å²) in [5, 5.41) is 1.33. The number of carbonyl (C=O) groups is 2. The minimum atomic E-state index is -0.129. The number of carbonyl (C=O) groups excluding carboxylic acids is 2. The summed E-state index contributed by atoms with van der Waals surface area (Å²) in [5.74, 6) is 0.216. The quantitative estimate of drug-likeness (QED) is 0.318. The smallest absolute Gasteiger partial charge is 0.255 e. The summed E-state index contributed by atoms with van der Waals surface area (Å²) in [7, 11) is 1.55. The fourth-order valence-electron chi connectivity index (χ4n) is 5.28. The standard InChI is InChI=1S/C32H33ClN4O3/c1-23(38)37-16-8-15-35(21-24-9-4-3-5-10-24)17-18-36(22-25-19-26(33)13-14-30(25)37)32(39)28-20-31(40-2)34-29-12-7-6-11-27(28)29/h3-7,9-14,19-20H,8,15-18,21-22H2,1-2H3. The summed E-state index contributed by atoms with van der Waals surface area (Å²) < 4.78 is 5.44. The fraction of sp³-hybridized carbons (Fsp3) is 0.281. The van der Waals surface area contributed by atoms with E-state index >= 15 is 0 Å². The zero-order valence-corrected chi connectivity index (χ0v) is 23.6. The predicted octanol–water partition coefficient (Wildman–Crippen LogP) is 5.80. The highest BCUT2D eigenvalue weighted by atomic mass is 35.5. The highest BCUT2D eigenvalue weighted by molar-refractivity contribution is 6.30. The van der Waals surface area contributed by atoms with E-state index in [4.69, 9.17) is 16.3 Å². The first-order valence-electron chi connectivity index (χ1n) is 13.5. The molecule has 1 aliphatic heterocycles. The molecule has 2 heterocycles. The zero-order valence-electron chi connectivity index (χ0n) is 22.8. The van der Waals surface area contributed by atoms with Gasteiger partial charge in [-0.05, 0) is 41.8 Å². The van der Waals surface area contributed by atoms with Gasteiger partial charge in [-0.15, -0.1) is 0 Å². The predicted molar refractivity (Wildman–Crippen MR) is 159 cm³/mol. The van der Waals surface area contributed by atoms with Gasteiger partial charge in [0.15, 0.2) is 0 Å². The Labute approximate surface area is 239 Å². The Morgan fingerprint density at radius 1 is 0.925 bits per heavy atom. The molecule has 2 amide bonds. The van der Waals surface area contributed by atoms with Crippen LogP contribution < -0.4 is 9.64 Å². The van der Waals surface area contributed by atoms with Crippen LogP contribution in [0.25, 0.3) is 10.9 Å². The maximum atomic E-state index is 14.3. The molecular formula is C32H33ClN4O3. The van der Waals surface area contributed by atoms with Gasteiger partial charge in [-0.2, -0.15) is 0 Å². The number of hydrogen-bond donors (Lipinski definition) is 0. The summed E-state index contributed by atoms with van der Waals surface area (Å²) in [6.07, 6.45) is 0.800. The van der Waals surface area contributed by atoms with Crippen LogP contribution in [0.1, 0.15) is 34.8 Å². The third-order valence-corrected chi connectivity index (χ3v) is 7.52. The van der Waals surface area contributed by atoms with Crippen LogP contribution in [0.15, 0.2) is 78.9 Å². The van der Waals surface area contributed by atoms with E-state index in [0.717, 1.165) is 36.1 Å². The number of benzene rings is 3. The SMILES string of the molecule is COc1cc(C(=O)N2CCN(Cc3ccccc3)CCCN(C(C)=O)c3ccc(Cl)cc3C2)c2ccccc2n1. The summed E-state index contributed by atoms with van der Waals surface area (Å²) in [5.41, 5.74) is 4.04. The second-order valence-corrected chi connectivity index (χ2v) is 10.5. The highest BCUT2D eigenvalue weighted by Crippen LogP contribution is 2.29. The van der Waals surface area contributed by atoms with Crippen LogP contribution in [0.2, 0.25) is 5.02 Å². The Balaban J connectivity index is 1.56. The molecule has 4 aromatic rings. The Kier molecular flexibility index (Phi) is 8.63. The zero-order chi connectivity index (χ0) is 28.1. The average molecular weight is 557 g/mol. The molecule has 5 rings (SSSR count). The maximum absolute atomic E-state index is 14.3. The van der Waals surface area contributed by atoms with Gasteiger partial charge in [0, 0.05) is 68.4 Å². The molecule has 0 bridgehead atoms. The van der Waals surface area contributed by atoms with Crippen molar-refractivity contribution in [3.63, 3.8) is 0 Å². The van der Waals surface area contributed by atoms with E-state index in [1.54, 1.807) is 31.1 Å². The van der Waals surface area contributed by atoms with Crippen LogP contribution in [0.5, 0.6) is 5.88 Å². The lowest BCUT2D eigenvalue weighted by Gasteiger charge is -2.28. The summed E-state index contributed by atoms with van der Waals surface area (Å²) in [6.45, 7) is 5.18. The van der Waals surface area contributed by atoms with Crippen LogP contribution in [0, 0.1) is 0 Å². The summed E-state index contributed by atoms with van der Waals surface area (Å²) in [4.78, 5) is 37.6. The van der Waals surface area contributed by atoms with Crippen LogP contribution in [0.4, 0.5) is 5.69 Å². The number of pyridine rings is 1. The van der Waals surface area contributed by atoms with Gasteiger partial charge >= 0.3 is 0 Å². The lowest BCUT2D eigenvalue weighted by Crippen LogP contribution is -2.38. The van der Waals surface area contributed by atoms with Gasteiger partial charge in [0.1, 0.15) is 0 Å². The van der Waals surface area contributed by atoms with E-state index in [1.807, 2.05) is 59.5 Å². The highest BCUT2D eigenvalue weighted by Gasteiger charge is 2.25. The number of rotatable bonds is 4. The van der Waals surface area contributed by atoms with Crippen LogP contribution in [-0.4, -0.2) is 59.9 Å². The van der Waals surface area contributed by atoms with E-state index in [0.29, 0.717) is 48.2 Å². The molecule has 0 saturated carbocycles. The fourth-order valence-corrected chi connectivity index (χ4v) is 5.47. The molecule has 3 aromatic carbocycles. The molecular weight excluding hydrogens is 524 g/mol. The van der Waals surface area contributed by atoms with Crippen molar-refractivity contribution in [1.82, 2.24) is 14.8 Å². The Hall–Kier alpha value is -3.94. The van der Waals surface area contributed by atoms with Gasteiger partial charge < -0.3 is 14.5 Å². The number of para-hydroxylation sites is 1. The lowest BCUT2D eigenvalue weighted by atomic mass is 10.1. The monoisotopic (exact) mass is 556 g/mol. The topological polar surface area (TPSA) is 66.0 Å². The van der Waals surface area contributed by atoms with Crippen LogP contribution in [-0.2, 0) is 17.9 Å². The van der Waals surface area contributed by atoms with E-state index in [1.165, 1.54) is 5.56 Å². The van der Waals surface area contributed by atoms with Crippen molar-refractivity contribution >= 4 is 40.0 Å². The minimum Gasteiger partial charge on any atom is -0.481 e. The summed E-state index contributed by atoms with van der Waals surface area (Å²) >= 11 is 6.44. The first kappa shape index (κ1) is 27.6. The number of aromatic nitrogens is 1. The average Bonchev–Trinajstić information content (AvgIpc) is 3.00. The second-order valence-electron chi connectivity index (χ2n) is 10.0. The van der Waals surface area contributed by atoms with Crippen molar-refractivity contribution < 1.29 is 14.3 Å². The number of anilines is 1. The van der Waals surface area contributed by atoms with E-state index < -0.39 is 0 Å². The van der Waals surface area contributed by atoms with Gasteiger partial charge in [-0.25, -0.2) is 4.98 Å². The van der Waals surface area contributed by atoms with Crippen molar-refractivity contribution in [2.45, 2.75) is 26.4 Å².